The van der Waals surface area contributed by atoms with E-state index in [0.29, 0.717) is 11.3 Å². The standard InChI is InChI=1S/C17H14N4O3/c18-14(22)11-21-15(12-7-3-1-4-8-12)17(24-20-21)19-16(23)13-9-5-2-6-10-13/h1-10H,11H2,(H2-,18,19,20,22,23)/p+1. The first-order chi connectivity index (χ1) is 11.6. The van der Waals surface area contributed by atoms with Crippen molar-refractivity contribution in [2.24, 2.45) is 5.73 Å². The summed E-state index contributed by atoms with van der Waals surface area (Å²) in [4.78, 5) is 23.6. The van der Waals surface area contributed by atoms with Crippen LogP contribution in [-0.2, 0) is 11.3 Å². The third kappa shape index (κ3) is 3.30. The van der Waals surface area contributed by atoms with Crippen molar-refractivity contribution in [3.8, 4) is 11.3 Å². The van der Waals surface area contributed by atoms with Gasteiger partial charge in [0.05, 0.1) is 5.56 Å². The molecular weight excluding hydrogens is 308 g/mol. The maximum Gasteiger partial charge on any atom is 0.311 e. The van der Waals surface area contributed by atoms with Crippen LogP contribution in [-0.4, -0.2) is 17.1 Å². The van der Waals surface area contributed by atoms with E-state index in [-0.39, 0.29) is 18.3 Å². The van der Waals surface area contributed by atoms with Crippen molar-refractivity contribution in [2.75, 3.05) is 5.32 Å². The molecule has 0 fully saturated rings. The van der Waals surface area contributed by atoms with Gasteiger partial charge >= 0.3 is 11.6 Å². The summed E-state index contributed by atoms with van der Waals surface area (Å²) in [5.41, 5.74) is 6.94. The molecule has 7 heteroatoms. The lowest BCUT2D eigenvalue weighted by Crippen LogP contribution is -2.43. The first-order valence-corrected chi connectivity index (χ1v) is 7.25. The van der Waals surface area contributed by atoms with Gasteiger partial charge in [0.25, 0.3) is 18.4 Å². The van der Waals surface area contributed by atoms with Crippen LogP contribution in [0.2, 0.25) is 0 Å². The van der Waals surface area contributed by atoms with E-state index in [1.807, 2.05) is 36.4 Å². The van der Waals surface area contributed by atoms with Crippen LogP contribution in [0.15, 0.2) is 65.2 Å². The fraction of sp³-hybridized carbons (Fsp3) is 0.0588. The van der Waals surface area contributed by atoms with Crippen LogP contribution in [0.25, 0.3) is 11.3 Å². The predicted octanol–water partition coefficient (Wildman–Crippen LogP) is 1.37. The number of aromatic nitrogens is 2. The molecule has 120 valence electrons. The zero-order valence-electron chi connectivity index (χ0n) is 12.7. The molecule has 0 spiro atoms. The second-order valence-corrected chi connectivity index (χ2v) is 5.06. The van der Waals surface area contributed by atoms with Gasteiger partial charge in [-0.1, -0.05) is 36.4 Å². The number of amides is 2. The summed E-state index contributed by atoms with van der Waals surface area (Å²) in [5.74, 6) is -0.752. The molecule has 1 aromatic heterocycles. The van der Waals surface area contributed by atoms with Gasteiger partial charge in [-0.2, -0.15) is 0 Å². The second kappa shape index (κ2) is 6.74. The maximum atomic E-state index is 12.3. The van der Waals surface area contributed by atoms with E-state index in [0.717, 1.165) is 5.56 Å². The van der Waals surface area contributed by atoms with Gasteiger partial charge in [-0.25, -0.2) is 0 Å². The number of anilines is 1. The Morgan fingerprint density at radius 2 is 1.67 bits per heavy atom. The highest BCUT2D eigenvalue weighted by atomic mass is 16.5. The lowest BCUT2D eigenvalue weighted by molar-refractivity contribution is -0.741. The highest BCUT2D eigenvalue weighted by molar-refractivity contribution is 6.04. The summed E-state index contributed by atoms with van der Waals surface area (Å²) >= 11 is 0. The fourth-order valence-corrected chi connectivity index (χ4v) is 2.27. The fourth-order valence-electron chi connectivity index (χ4n) is 2.27. The molecular formula is C17H15N4O3+. The van der Waals surface area contributed by atoms with Crippen LogP contribution in [0, 0.1) is 0 Å². The minimum Gasteiger partial charge on any atom is -0.364 e. The van der Waals surface area contributed by atoms with Gasteiger partial charge in [-0.05, 0) is 28.9 Å². The molecule has 3 rings (SSSR count). The van der Waals surface area contributed by atoms with E-state index in [2.05, 4.69) is 10.6 Å². The molecule has 0 atom stereocenters. The second-order valence-electron chi connectivity index (χ2n) is 5.06. The predicted molar refractivity (Wildman–Crippen MR) is 85.7 cm³/mol. The van der Waals surface area contributed by atoms with Gasteiger partial charge in [0.2, 0.25) is 5.27 Å². The molecule has 1 heterocycles. The van der Waals surface area contributed by atoms with Crippen LogP contribution in [0.4, 0.5) is 5.88 Å². The normalized spacial score (nSPS) is 10.3. The average Bonchev–Trinajstić information content (AvgIpc) is 2.98. The Kier molecular flexibility index (Phi) is 4.33. The molecule has 0 aliphatic carbocycles. The maximum absolute atomic E-state index is 12.3. The van der Waals surface area contributed by atoms with E-state index in [9.17, 15) is 9.59 Å². The van der Waals surface area contributed by atoms with Gasteiger partial charge in [-0.15, -0.1) is 0 Å². The number of nitrogens with one attached hydrogen (secondary N) is 1. The SMILES string of the molecule is NC(=O)C[n+]1noc(NC(=O)c2ccccc2)c1-c1ccccc1. The number of carbonyl (C=O) groups is 2. The lowest BCUT2D eigenvalue weighted by Gasteiger charge is -2.01. The van der Waals surface area contributed by atoms with Gasteiger partial charge in [0, 0.05) is 5.56 Å². The van der Waals surface area contributed by atoms with Crippen molar-refractivity contribution in [1.29, 1.82) is 0 Å². The third-order valence-electron chi connectivity index (χ3n) is 3.32. The summed E-state index contributed by atoms with van der Waals surface area (Å²) in [5, 5.41) is 6.48. The van der Waals surface area contributed by atoms with Gasteiger partial charge in [0.15, 0.2) is 0 Å². The molecule has 3 N–H and O–H groups in total. The number of hydrogen-bond acceptors (Lipinski definition) is 4. The Morgan fingerprint density at radius 3 is 2.29 bits per heavy atom. The minimum absolute atomic E-state index is 0.149. The molecule has 0 unspecified atom stereocenters. The topological polar surface area (TPSA) is 102 Å². The smallest absolute Gasteiger partial charge is 0.311 e. The number of hydrogen-bond donors (Lipinski definition) is 2. The molecule has 0 saturated carbocycles. The van der Waals surface area contributed by atoms with Crippen molar-refractivity contribution in [3.63, 3.8) is 0 Å². The van der Waals surface area contributed by atoms with Crippen LogP contribution < -0.4 is 15.7 Å². The highest BCUT2D eigenvalue weighted by Gasteiger charge is 2.29. The van der Waals surface area contributed by atoms with Crippen LogP contribution in [0.5, 0.6) is 0 Å². The monoisotopic (exact) mass is 323 g/mol. The van der Waals surface area contributed by atoms with Crippen molar-refractivity contribution in [3.05, 3.63) is 66.2 Å². The molecule has 2 aromatic carbocycles. The summed E-state index contributed by atoms with van der Waals surface area (Å²) in [6.45, 7) is -0.158. The Morgan fingerprint density at radius 1 is 1.04 bits per heavy atom. The van der Waals surface area contributed by atoms with Crippen LogP contribution >= 0.6 is 0 Å². The van der Waals surface area contributed by atoms with Crippen molar-refractivity contribution < 1.29 is 18.8 Å². The van der Waals surface area contributed by atoms with Crippen molar-refractivity contribution in [2.45, 2.75) is 6.54 Å². The molecule has 0 aliphatic rings. The molecule has 0 saturated heterocycles. The number of benzene rings is 2. The zero-order chi connectivity index (χ0) is 16.9. The van der Waals surface area contributed by atoms with E-state index in [1.54, 1.807) is 24.3 Å². The van der Waals surface area contributed by atoms with Crippen LogP contribution in [0.3, 0.4) is 0 Å². The Labute approximate surface area is 137 Å². The van der Waals surface area contributed by atoms with Crippen molar-refractivity contribution in [1.82, 2.24) is 5.27 Å². The number of rotatable bonds is 5. The van der Waals surface area contributed by atoms with Gasteiger partial charge in [0.1, 0.15) is 0 Å². The zero-order valence-corrected chi connectivity index (χ0v) is 12.7. The summed E-state index contributed by atoms with van der Waals surface area (Å²) in [6.07, 6.45) is 0. The van der Waals surface area contributed by atoms with Gasteiger partial charge < -0.3 is 5.73 Å². The van der Waals surface area contributed by atoms with Gasteiger partial charge in [-0.3, -0.25) is 19.4 Å². The Hall–Kier alpha value is -3.48. The number of carbonyl (C=O) groups excluding carboxylic acids is 2. The molecule has 0 bridgehead atoms. The Bertz CT molecular complexity index is 860. The Balaban J connectivity index is 1.97. The first-order valence-electron chi connectivity index (χ1n) is 7.25. The summed E-state index contributed by atoms with van der Waals surface area (Å²) in [6, 6.07) is 17.9. The number of primary amides is 1. The molecule has 0 aliphatic heterocycles. The van der Waals surface area contributed by atoms with E-state index in [4.69, 9.17) is 10.3 Å². The summed E-state index contributed by atoms with van der Waals surface area (Å²) < 4.78 is 6.53. The molecule has 0 radical (unpaired) electrons. The van der Waals surface area contributed by atoms with E-state index < -0.39 is 5.91 Å². The lowest BCUT2D eigenvalue weighted by atomic mass is 10.1. The number of nitrogens with two attached hydrogens (primary N) is 1. The molecule has 24 heavy (non-hydrogen) atoms. The largest absolute Gasteiger partial charge is 0.364 e. The summed E-state index contributed by atoms with van der Waals surface area (Å²) in [7, 11) is 0. The van der Waals surface area contributed by atoms with E-state index >= 15 is 0 Å². The van der Waals surface area contributed by atoms with E-state index in [1.165, 1.54) is 4.68 Å². The van der Waals surface area contributed by atoms with Crippen molar-refractivity contribution >= 4 is 17.7 Å². The van der Waals surface area contributed by atoms with Crippen LogP contribution in [0.1, 0.15) is 10.4 Å². The first kappa shape index (κ1) is 15.4. The highest BCUT2D eigenvalue weighted by Crippen LogP contribution is 2.24. The molecule has 7 nitrogen and oxygen atoms in total. The molecule has 2 amide bonds. The average molecular weight is 323 g/mol. The quantitative estimate of drug-likeness (QED) is 0.692. The molecule has 3 aromatic rings. The third-order valence-corrected chi connectivity index (χ3v) is 3.32. The minimum atomic E-state index is -0.564. The number of nitrogens with zero attached hydrogens (tertiary/aromatic N) is 2.